The minimum Gasteiger partial charge on any atom is -0.480 e. The van der Waals surface area contributed by atoms with Crippen LogP contribution in [0.15, 0.2) is 4.90 Å². The van der Waals surface area contributed by atoms with Crippen molar-refractivity contribution in [3.63, 3.8) is 0 Å². The molecule has 1 heterocycles. The lowest BCUT2D eigenvalue weighted by Gasteiger charge is -2.08. The molecule has 0 aliphatic carbocycles. The fourth-order valence-electron chi connectivity index (χ4n) is 1.83. The first-order valence-corrected chi connectivity index (χ1v) is 7.57. The maximum atomic E-state index is 12.2. The molecule has 1 atom stereocenters. The fourth-order valence-corrected chi connectivity index (χ4v) is 3.28. The average Bonchev–Trinajstić information content (AvgIpc) is 2.52. The molecule has 1 rings (SSSR count). The van der Waals surface area contributed by atoms with E-state index in [-0.39, 0.29) is 22.8 Å². The van der Waals surface area contributed by atoms with Crippen LogP contribution in [0.4, 0.5) is 0 Å². The molecule has 0 amide bonds. The maximum absolute atomic E-state index is 12.2. The van der Waals surface area contributed by atoms with E-state index in [1.807, 2.05) is 0 Å². The number of carboxylic acid groups (broad SMARTS) is 1. The first-order chi connectivity index (χ1) is 9.15. The summed E-state index contributed by atoms with van der Waals surface area (Å²) in [5, 5.41) is 21.8. The van der Waals surface area contributed by atoms with E-state index in [2.05, 4.69) is 9.82 Å². The molecule has 0 aliphatic heterocycles. The molecule has 9 heteroatoms. The van der Waals surface area contributed by atoms with Crippen LogP contribution < -0.4 is 4.72 Å². The summed E-state index contributed by atoms with van der Waals surface area (Å²) in [4.78, 5) is 10.7. The van der Waals surface area contributed by atoms with Gasteiger partial charge in [0.2, 0.25) is 10.0 Å². The molecule has 8 nitrogen and oxygen atoms in total. The average molecular weight is 305 g/mol. The van der Waals surface area contributed by atoms with E-state index in [4.69, 9.17) is 10.2 Å². The lowest BCUT2D eigenvalue weighted by molar-refractivity contribution is -0.137. The van der Waals surface area contributed by atoms with E-state index in [0.717, 1.165) is 4.68 Å². The number of hydrogen-bond donors (Lipinski definition) is 3. The van der Waals surface area contributed by atoms with E-state index in [9.17, 15) is 13.2 Å². The number of carboxylic acids is 1. The topological polar surface area (TPSA) is 122 Å². The Morgan fingerprint density at radius 2 is 2.05 bits per heavy atom. The Labute approximate surface area is 117 Å². The second-order valence-corrected chi connectivity index (χ2v) is 6.29. The Hall–Kier alpha value is -1.45. The quantitative estimate of drug-likeness (QED) is 0.632. The molecule has 1 aromatic rings. The predicted octanol–water partition coefficient (Wildman–Crippen LogP) is -0.366. The zero-order chi connectivity index (χ0) is 15.5. The molecule has 3 N–H and O–H groups in total. The highest BCUT2D eigenvalue weighted by Crippen LogP contribution is 2.19. The molecule has 114 valence electrons. The van der Waals surface area contributed by atoms with Gasteiger partial charge < -0.3 is 10.2 Å². The summed E-state index contributed by atoms with van der Waals surface area (Å²) in [5.41, 5.74) is 0.516. The fraction of sp³-hybridized carbons (Fsp3) is 0.636. The van der Waals surface area contributed by atoms with E-state index >= 15 is 0 Å². The van der Waals surface area contributed by atoms with Crippen LogP contribution in [-0.4, -0.2) is 47.0 Å². The van der Waals surface area contributed by atoms with Gasteiger partial charge in [0.25, 0.3) is 0 Å². The van der Waals surface area contributed by atoms with Crippen LogP contribution in [0.2, 0.25) is 0 Å². The third-order valence-corrected chi connectivity index (χ3v) is 4.44. The van der Waals surface area contributed by atoms with Crippen LogP contribution in [0, 0.1) is 13.8 Å². The number of aromatic nitrogens is 2. The van der Waals surface area contributed by atoms with Crippen LogP contribution in [0.25, 0.3) is 0 Å². The molecule has 1 unspecified atom stereocenters. The van der Waals surface area contributed by atoms with Crippen LogP contribution in [0.3, 0.4) is 0 Å². The first-order valence-electron chi connectivity index (χ1n) is 6.08. The van der Waals surface area contributed by atoms with Crippen LogP contribution >= 0.6 is 0 Å². The van der Waals surface area contributed by atoms with Gasteiger partial charge in [-0.2, -0.15) is 5.10 Å². The Balaban J connectivity index is 3.00. The molecule has 0 bridgehead atoms. The largest absolute Gasteiger partial charge is 0.480 e. The monoisotopic (exact) mass is 305 g/mol. The number of aliphatic carboxylic acids is 1. The number of nitrogens with one attached hydrogen (secondary N) is 1. The van der Waals surface area contributed by atoms with Gasteiger partial charge in [0, 0.05) is 6.54 Å². The van der Waals surface area contributed by atoms with Gasteiger partial charge in [-0.05, 0) is 27.2 Å². The highest BCUT2D eigenvalue weighted by Gasteiger charge is 2.24. The van der Waals surface area contributed by atoms with Crippen molar-refractivity contribution in [1.82, 2.24) is 14.5 Å². The van der Waals surface area contributed by atoms with E-state index in [0.29, 0.717) is 6.42 Å². The van der Waals surface area contributed by atoms with Gasteiger partial charge >= 0.3 is 5.97 Å². The van der Waals surface area contributed by atoms with Gasteiger partial charge in [0.15, 0.2) is 0 Å². The van der Waals surface area contributed by atoms with Crippen LogP contribution in [0.5, 0.6) is 0 Å². The van der Waals surface area contributed by atoms with Crippen LogP contribution in [0.1, 0.15) is 24.7 Å². The highest BCUT2D eigenvalue weighted by atomic mass is 32.2. The standard InChI is InChI=1S/C11H19N3O5S/c1-7(15)4-5-12-20(18,19)11-8(2)13-14(9(11)3)6-10(16)17/h7,12,15H,4-6H2,1-3H3,(H,16,17). The van der Waals surface area contributed by atoms with Crippen molar-refractivity contribution in [3.8, 4) is 0 Å². The second-order valence-electron chi connectivity index (χ2n) is 4.59. The summed E-state index contributed by atoms with van der Waals surface area (Å²) in [5.74, 6) is -1.10. The van der Waals surface area contributed by atoms with Crippen molar-refractivity contribution in [3.05, 3.63) is 11.4 Å². The van der Waals surface area contributed by atoms with Crippen molar-refractivity contribution in [1.29, 1.82) is 0 Å². The van der Waals surface area contributed by atoms with Crippen molar-refractivity contribution in [2.24, 2.45) is 0 Å². The molecule has 0 spiro atoms. The molecular formula is C11H19N3O5S. The molecule has 0 saturated heterocycles. The Morgan fingerprint density at radius 3 is 2.55 bits per heavy atom. The minimum atomic E-state index is -3.77. The minimum absolute atomic E-state index is 0.00987. The number of rotatable bonds is 7. The molecule has 0 aromatic carbocycles. The molecule has 0 saturated carbocycles. The highest BCUT2D eigenvalue weighted by molar-refractivity contribution is 7.89. The molecule has 1 aromatic heterocycles. The van der Waals surface area contributed by atoms with E-state index < -0.39 is 28.6 Å². The lowest BCUT2D eigenvalue weighted by Crippen LogP contribution is -2.27. The summed E-state index contributed by atoms with van der Waals surface area (Å²) in [6.45, 7) is 4.29. The number of aryl methyl sites for hydroxylation is 1. The predicted molar refractivity (Wildman–Crippen MR) is 70.8 cm³/mol. The third kappa shape index (κ3) is 4.02. The molecular weight excluding hydrogens is 286 g/mol. The summed E-state index contributed by atoms with van der Waals surface area (Å²) >= 11 is 0. The molecule has 0 aliphatic rings. The van der Waals surface area contributed by atoms with Gasteiger partial charge in [-0.15, -0.1) is 0 Å². The second kappa shape index (κ2) is 6.33. The smallest absolute Gasteiger partial charge is 0.325 e. The number of aliphatic hydroxyl groups excluding tert-OH is 1. The maximum Gasteiger partial charge on any atom is 0.325 e. The third-order valence-electron chi connectivity index (χ3n) is 2.72. The van der Waals surface area contributed by atoms with E-state index in [1.54, 1.807) is 6.92 Å². The first kappa shape index (κ1) is 16.6. The van der Waals surface area contributed by atoms with Crippen molar-refractivity contribution < 1.29 is 23.4 Å². The van der Waals surface area contributed by atoms with Crippen molar-refractivity contribution >= 4 is 16.0 Å². The molecule has 0 fully saturated rings. The summed E-state index contributed by atoms with van der Waals surface area (Å²) < 4.78 is 27.8. The summed E-state index contributed by atoms with van der Waals surface area (Å²) in [7, 11) is -3.77. The molecule has 0 radical (unpaired) electrons. The number of aliphatic hydroxyl groups is 1. The Morgan fingerprint density at radius 1 is 1.45 bits per heavy atom. The molecule has 20 heavy (non-hydrogen) atoms. The number of hydrogen-bond acceptors (Lipinski definition) is 5. The zero-order valence-corrected chi connectivity index (χ0v) is 12.4. The zero-order valence-electron chi connectivity index (χ0n) is 11.6. The number of nitrogens with zero attached hydrogens (tertiary/aromatic N) is 2. The van der Waals surface area contributed by atoms with Gasteiger partial charge in [0.1, 0.15) is 11.4 Å². The van der Waals surface area contributed by atoms with Gasteiger partial charge in [-0.25, -0.2) is 13.1 Å². The van der Waals surface area contributed by atoms with Crippen LogP contribution in [-0.2, 0) is 21.4 Å². The summed E-state index contributed by atoms with van der Waals surface area (Å²) in [6, 6.07) is 0. The summed E-state index contributed by atoms with van der Waals surface area (Å²) in [6.07, 6.45) is -0.310. The Bertz CT molecular complexity index is 591. The van der Waals surface area contributed by atoms with Crippen molar-refractivity contribution in [2.75, 3.05) is 6.54 Å². The van der Waals surface area contributed by atoms with Gasteiger partial charge in [-0.3, -0.25) is 9.48 Å². The number of carbonyl (C=O) groups is 1. The SMILES string of the molecule is Cc1nn(CC(=O)O)c(C)c1S(=O)(=O)NCCC(C)O. The normalized spacial score (nSPS) is 13.4. The van der Waals surface area contributed by atoms with Crippen molar-refractivity contribution in [2.45, 2.75) is 44.7 Å². The van der Waals surface area contributed by atoms with E-state index in [1.165, 1.54) is 13.8 Å². The van der Waals surface area contributed by atoms with Gasteiger partial charge in [0.05, 0.1) is 17.5 Å². The Kier molecular flexibility index (Phi) is 5.26. The number of sulfonamides is 1. The van der Waals surface area contributed by atoms with Gasteiger partial charge in [-0.1, -0.05) is 0 Å². The lowest BCUT2D eigenvalue weighted by atomic mass is 10.3.